The van der Waals surface area contributed by atoms with Crippen molar-refractivity contribution in [2.75, 3.05) is 10.6 Å². The van der Waals surface area contributed by atoms with Gasteiger partial charge in [-0.15, -0.1) is 11.3 Å². The molecule has 2 heterocycles. The minimum atomic E-state index is -4.05. The summed E-state index contributed by atoms with van der Waals surface area (Å²) < 4.78 is 52.7. The molecule has 2 aromatic heterocycles. The number of amides is 2. The molecule has 11 nitrogen and oxygen atoms in total. The summed E-state index contributed by atoms with van der Waals surface area (Å²) in [6.45, 7) is 13.0. The van der Waals surface area contributed by atoms with Crippen molar-refractivity contribution in [3.8, 4) is 0 Å². The lowest BCUT2D eigenvalue weighted by Crippen LogP contribution is -2.44. The molecule has 0 unspecified atom stereocenters. The fraction of sp³-hybridized carbons (Fsp3) is 0.355. The first kappa shape index (κ1) is 39.4. The van der Waals surface area contributed by atoms with E-state index in [1.165, 1.54) is 87.6 Å². The van der Waals surface area contributed by atoms with Gasteiger partial charge in [-0.25, -0.2) is 21.8 Å². The number of aryl methyl sites for hydroxylation is 1. The third-order valence-corrected chi connectivity index (χ3v) is 13.7. The first-order valence-electron chi connectivity index (χ1n) is 14.1. The number of benzene rings is 2. The van der Waals surface area contributed by atoms with Crippen LogP contribution in [0.1, 0.15) is 59.9 Å². The van der Waals surface area contributed by atoms with Gasteiger partial charge >= 0.3 is 0 Å². The zero-order valence-corrected chi connectivity index (χ0v) is 32.0. The monoisotopic (exact) mass is 776 g/mol. The fourth-order valence-electron chi connectivity index (χ4n) is 3.74. The van der Waals surface area contributed by atoms with E-state index in [0.29, 0.717) is 20.9 Å². The molecule has 2 amide bonds. The summed E-state index contributed by atoms with van der Waals surface area (Å²) in [6.07, 6.45) is 0. The average Bonchev–Trinajstić information content (AvgIpc) is 3.62. The predicted octanol–water partition coefficient (Wildman–Crippen LogP) is 7.77. The van der Waals surface area contributed by atoms with Crippen LogP contribution in [0.25, 0.3) is 0 Å². The van der Waals surface area contributed by atoms with Crippen LogP contribution in [0.2, 0.25) is 15.1 Å². The zero-order chi connectivity index (χ0) is 36.5. The lowest BCUT2D eigenvalue weighted by molar-refractivity contribution is -0.118. The maximum Gasteiger partial charge on any atom is 0.247 e. The summed E-state index contributed by atoms with van der Waals surface area (Å²) in [6, 6.07) is 11.2. The summed E-state index contributed by atoms with van der Waals surface area (Å²) in [5.74, 6) is -0.704. The highest BCUT2D eigenvalue weighted by atomic mass is 35.5. The van der Waals surface area contributed by atoms with E-state index >= 15 is 0 Å². The van der Waals surface area contributed by atoms with Crippen molar-refractivity contribution in [2.45, 2.75) is 80.1 Å². The molecule has 0 saturated heterocycles. The molecule has 0 aliphatic carbocycles. The highest BCUT2D eigenvalue weighted by Gasteiger charge is 2.45. The number of hydrogen-bond acceptors (Lipinski definition) is 10. The van der Waals surface area contributed by atoms with Crippen molar-refractivity contribution in [3.05, 3.63) is 80.4 Å². The molecule has 48 heavy (non-hydrogen) atoms. The normalized spacial score (nSPS) is 12.6. The number of carbonyl (C=O) groups excluding carboxylic acids is 2. The standard InChI is InChI=1S/C17H20Cl2N2O3S2.C14H15ClN2O4S/c1-16(2,3)13-9-25-15(20-13)21-14(22)17(4,5)26(23,24)12-7-6-10(18)8-11(12)19;1-9-8-12(17-21-9)16-13(18)14(2,3)22(19,20)11-6-4-10(15)5-7-11/h6-9H,1-5H3,(H,20,21,22);4-8H,1-3H3,(H,16,17,18). The van der Waals surface area contributed by atoms with Crippen LogP contribution < -0.4 is 10.6 Å². The van der Waals surface area contributed by atoms with Crippen molar-refractivity contribution < 1.29 is 30.9 Å². The molecule has 0 spiro atoms. The number of hydrogen-bond donors (Lipinski definition) is 2. The van der Waals surface area contributed by atoms with Gasteiger partial charge in [0.15, 0.2) is 30.6 Å². The van der Waals surface area contributed by atoms with E-state index in [9.17, 15) is 26.4 Å². The number of anilines is 2. The molecule has 260 valence electrons. The Morgan fingerprint density at radius 1 is 0.771 bits per heavy atom. The van der Waals surface area contributed by atoms with Crippen molar-refractivity contribution in [1.82, 2.24) is 10.1 Å². The second-order valence-electron chi connectivity index (χ2n) is 12.6. The van der Waals surface area contributed by atoms with Crippen LogP contribution in [0.15, 0.2) is 68.2 Å². The molecule has 0 fully saturated rings. The van der Waals surface area contributed by atoms with Gasteiger partial charge in [0.2, 0.25) is 11.8 Å². The van der Waals surface area contributed by atoms with E-state index in [2.05, 4.69) is 20.8 Å². The third kappa shape index (κ3) is 8.58. The van der Waals surface area contributed by atoms with Gasteiger partial charge in [0.05, 0.1) is 20.5 Å². The lowest BCUT2D eigenvalue weighted by atomic mass is 9.93. The van der Waals surface area contributed by atoms with Crippen LogP contribution >= 0.6 is 46.1 Å². The van der Waals surface area contributed by atoms with Gasteiger partial charge in [0.1, 0.15) is 15.3 Å². The number of sulfone groups is 2. The van der Waals surface area contributed by atoms with E-state index in [0.717, 1.165) is 5.69 Å². The molecule has 0 atom stereocenters. The van der Waals surface area contributed by atoms with Crippen molar-refractivity contribution in [2.24, 2.45) is 0 Å². The van der Waals surface area contributed by atoms with Gasteiger partial charge in [0.25, 0.3) is 0 Å². The zero-order valence-electron chi connectivity index (χ0n) is 27.3. The number of rotatable bonds is 8. The van der Waals surface area contributed by atoms with Crippen LogP contribution in [0.4, 0.5) is 10.9 Å². The smallest absolute Gasteiger partial charge is 0.247 e. The minimum absolute atomic E-state index is 0.0217. The van der Waals surface area contributed by atoms with Gasteiger partial charge in [-0.1, -0.05) is 60.7 Å². The summed E-state index contributed by atoms with van der Waals surface area (Å²) in [7, 11) is -7.95. The number of nitrogens with one attached hydrogen (secondary N) is 2. The van der Waals surface area contributed by atoms with Gasteiger partial charge in [-0.05, 0) is 77.1 Å². The van der Waals surface area contributed by atoms with Crippen LogP contribution in [0.5, 0.6) is 0 Å². The van der Waals surface area contributed by atoms with Gasteiger partial charge in [0, 0.05) is 26.9 Å². The molecular weight excluding hydrogens is 743 g/mol. The predicted molar refractivity (Wildman–Crippen MR) is 190 cm³/mol. The Morgan fingerprint density at radius 2 is 1.31 bits per heavy atom. The molecule has 0 saturated carbocycles. The Hall–Kier alpha value is -3.01. The molecule has 4 aromatic rings. The molecular formula is C31H35Cl3N4O7S3. The minimum Gasteiger partial charge on any atom is -0.360 e. The van der Waals surface area contributed by atoms with Crippen molar-refractivity contribution in [3.63, 3.8) is 0 Å². The summed E-state index contributed by atoms with van der Waals surface area (Å²) >= 11 is 18.9. The highest BCUT2D eigenvalue weighted by Crippen LogP contribution is 2.34. The number of nitrogens with zero attached hydrogens (tertiary/aromatic N) is 2. The van der Waals surface area contributed by atoms with E-state index in [-0.39, 0.29) is 26.0 Å². The first-order valence-corrected chi connectivity index (χ1v) is 19.1. The van der Waals surface area contributed by atoms with Crippen molar-refractivity contribution in [1.29, 1.82) is 0 Å². The Morgan fingerprint density at radius 3 is 1.81 bits per heavy atom. The number of thiazole rings is 1. The molecule has 0 aliphatic rings. The van der Waals surface area contributed by atoms with E-state index in [1.807, 2.05) is 26.2 Å². The SMILES string of the molecule is CC(C)(C)c1csc(NC(=O)C(C)(C)S(=O)(=O)c2ccc(Cl)cc2Cl)n1.Cc1cc(NC(=O)C(C)(C)S(=O)(=O)c2ccc(Cl)cc2)no1. The molecule has 2 aromatic carbocycles. The lowest BCUT2D eigenvalue weighted by Gasteiger charge is -2.24. The van der Waals surface area contributed by atoms with E-state index < -0.39 is 41.0 Å². The van der Waals surface area contributed by atoms with Gasteiger partial charge < -0.3 is 15.2 Å². The molecule has 4 rings (SSSR count). The third-order valence-electron chi connectivity index (χ3n) is 7.11. The number of carbonyl (C=O) groups is 2. The van der Waals surface area contributed by atoms with Crippen LogP contribution in [0.3, 0.4) is 0 Å². The largest absolute Gasteiger partial charge is 0.360 e. The van der Waals surface area contributed by atoms with Gasteiger partial charge in [-0.3, -0.25) is 9.59 Å². The molecule has 0 radical (unpaired) electrons. The second kappa shape index (κ2) is 14.5. The summed E-state index contributed by atoms with van der Waals surface area (Å²) in [4.78, 5) is 29.3. The fourth-order valence-corrected chi connectivity index (χ4v) is 8.29. The second-order valence-corrected chi connectivity index (χ2v) is 19.7. The van der Waals surface area contributed by atoms with E-state index in [1.54, 1.807) is 6.92 Å². The maximum atomic E-state index is 13.0. The molecule has 0 bridgehead atoms. The quantitative estimate of drug-likeness (QED) is 0.182. The summed E-state index contributed by atoms with van der Waals surface area (Å²) in [5, 5.41) is 11.6. The Balaban J connectivity index is 0.000000264. The van der Waals surface area contributed by atoms with Crippen LogP contribution in [-0.4, -0.2) is 48.3 Å². The topological polar surface area (TPSA) is 165 Å². The first-order chi connectivity index (χ1) is 21.9. The Labute approximate surface area is 299 Å². The average molecular weight is 778 g/mol. The molecule has 17 heteroatoms. The van der Waals surface area contributed by atoms with E-state index in [4.69, 9.17) is 39.3 Å². The molecule has 0 aliphatic heterocycles. The van der Waals surface area contributed by atoms with Crippen LogP contribution in [-0.2, 0) is 34.7 Å². The van der Waals surface area contributed by atoms with Gasteiger partial charge in [-0.2, -0.15) is 0 Å². The number of halogens is 3. The Kier molecular flexibility index (Phi) is 11.9. The van der Waals surface area contributed by atoms with Crippen molar-refractivity contribution >= 4 is 88.6 Å². The molecule has 2 N–H and O–H groups in total. The number of aromatic nitrogens is 2. The Bertz CT molecular complexity index is 2030. The maximum absolute atomic E-state index is 13.0. The van der Waals surface area contributed by atoms with Crippen LogP contribution in [0, 0.1) is 6.92 Å². The summed E-state index contributed by atoms with van der Waals surface area (Å²) in [5.41, 5.74) is 0.650. The highest BCUT2D eigenvalue weighted by molar-refractivity contribution is 7.94.